The highest BCUT2D eigenvalue weighted by Gasteiger charge is 2.36. The zero-order valence-corrected chi connectivity index (χ0v) is 19.1. The van der Waals surface area contributed by atoms with Gasteiger partial charge < -0.3 is 4.74 Å². The Bertz CT molecular complexity index is 804. The summed E-state index contributed by atoms with van der Waals surface area (Å²) in [5.41, 5.74) is 0.440. The van der Waals surface area contributed by atoms with Crippen molar-refractivity contribution in [1.29, 1.82) is 0 Å². The fraction of sp³-hybridized carbons (Fsp3) is 0.143. The minimum atomic E-state index is -2.00. The van der Waals surface area contributed by atoms with Crippen LogP contribution < -0.4 is 0 Å². The topological polar surface area (TPSA) is 9.23 Å². The summed E-state index contributed by atoms with van der Waals surface area (Å²) in [6.45, 7) is -0.132. The van der Waals surface area contributed by atoms with Crippen LogP contribution >= 0.6 is 116 Å². The molecular weight excluding hydrogens is 539 g/mol. The molecule has 0 aliphatic rings. The summed E-state index contributed by atoms with van der Waals surface area (Å²) in [6, 6.07) is 3.15. The first-order valence-electron chi connectivity index (χ1n) is 6.15. The Balaban J connectivity index is 2.40. The van der Waals surface area contributed by atoms with Crippen molar-refractivity contribution >= 4 is 116 Å². The molecule has 1 nitrogen and oxygen atoms in total. The fourth-order valence-corrected chi connectivity index (χ4v) is 4.47. The van der Waals surface area contributed by atoms with Crippen LogP contribution in [0.25, 0.3) is 0 Å². The highest BCUT2D eigenvalue weighted by atomic mass is 35.5. The number of benzene rings is 2. The average molecular weight is 543 g/mol. The maximum Gasteiger partial charge on any atom is 0.247 e. The van der Waals surface area contributed by atoms with Crippen molar-refractivity contribution in [2.24, 2.45) is 0 Å². The standard InChI is InChI=1S/C14H4Cl10O/c15-5-2-1-4(7(16)8(5)17)3-25-14(23,24)6-9(18)11(20)13(22)12(21)10(6)19/h1-2H,3H2. The van der Waals surface area contributed by atoms with Crippen molar-refractivity contribution in [3.05, 3.63) is 63.4 Å². The van der Waals surface area contributed by atoms with Crippen molar-refractivity contribution in [3.63, 3.8) is 0 Å². The quantitative estimate of drug-likeness (QED) is 0.212. The van der Waals surface area contributed by atoms with Gasteiger partial charge in [0.2, 0.25) is 4.52 Å². The lowest BCUT2D eigenvalue weighted by Gasteiger charge is -2.25. The van der Waals surface area contributed by atoms with Crippen molar-refractivity contribution in [2.45, 2.75) is 11.1 Å². The third kappa shape index (κ3) is 4.66. The van der Waals surface area contributed by atoms with E-state index in [1.165, 1.54) is 0 Å². The van der Waals surface area contributed by atoms with Crippen molar-refractivity contribution in [2.75, 3.05) is 0 Å². The van der Waals surface area contributed by atoms with Gasteiger partial charge in [-0.25, -0.2) is 0 Å². The molecule has 0 N–H and O–H groups in total. The monoisotopic (exact) mass is 538 g/mol. The first-order chi connectivity index (χ1) is 11.5. The fourth-order valence-electron chi connectivity index (χ4n) is 1.78. The van der Waals surface area contributed by atoms with Crippen LogP contribution in [0, 0.1) is 0 Å². The molecule has 25 heavy (non-hydrogen) atoms. The smallest absolute Gasteiger partial charge is 0.247 e. The summed E-state index contributed by atoms with van der Waals surface area (Å²) in [5.74, 6) is 0. The van der Waals surface area contributed by atoms with Crippen LogP contribution in [-0.2, 0) is 15.9 Å². The van der Waals surface area contributed by atoms with E-state index in [1.807, 2.05) is 0 Å². The molecule has 0 unspecified atom stereocenters. The molecule has 0 amide bonds. The molecule has 0 saturated heterocycles. The van der Waals surface area contributed by atoms with E-state index in [1.54, 1.807) is 12.1 Å². The Morgan fingerprint density at radius 2 is 1.12 bits per heavy atom. The van der Waals surface area contributed by atoms with Gasteiger partial charge >= 0.3 is 0 Å². The molecule has 2 aromatic carbocycles. The van der Waals surface area contributed by atoms with E-state index in [9.17, 15) is 0 Å². The van der Waals surface area contributed by atoms with E-state index in [-0.39, 0.29) is 47.3 Å². The normalized spacial score (nSPS) is 11.9. The van der Waals surface area contributed by atoms with Gasteiger partial charge in [0.05, 0.1) is 52.4 Å². The molecular formula is C14H4Cl10O. The van der Waals surface area contributed by atoms with E-state index < -0.39 is 4.52 Å². The summed E-state index contributed by atoms with van der Waals surface area (Å²) in [7, 11) is 0. The molecule has 2 rings (SSSR count). The number of halogens is 10. The molecule has 0 fully saturated rings. The summed E-state index contributed by atoms with van der Waals surface area (Å²) < 4.78 is 3.51. The van der Waals surface area contributed by atoms with Crippen LogP contribution in [0.5, 0.6) is 0 Å². The van der Waals surface area contributed by atoms with E-state index in [0.29, 0.717) is 10.6 Å². The van der Waals surface area contributed by atoms with Crippen LogP contribution in [0.1, 0.15) is 11.1 Å². The van der Waals surface area contributed by atoms with Crippen LogP contribution in [0.4, 0.5) is 0 Å². The molecule has 0 aliphatic heterocycles. The second-order valence-electron chi connectivity index (χ2n) is 4.58. The third-order valence-electron chi connectivity index (χ3n) is 3.02. The molecule has 136 valence electrons. The molecule has 0 aromatic heterocycles. The number of alkyl halides is 2. The lowest BCUT2D eigenvalue weighted by atomic mass is 10.2. The average Bonchev–Trinajstić information content (AvgIpc) is 2.55. The number of ether oxygens (including phenoxy) is 1. The number of rotatable bonds is 4. The lowest BCUT2D eigenvalue weighted by Crippen LogP contribution is -2.17. The van der Waals surface area contributed by atoms with Gasteiger partial charge in [0.1, 0.15) is 0 Å². The van der Waals surface area contributed by atoms with Crippen LogP contribution in [0.3, 0.4) is 0 Å². The van der Waals surface area contributed by atoms with Gasteiger partial charge in [0.25, 0.3) is 0 Å². The van der Waals surface area contributed by atoms with Gasteiger partial charge in [-0.2, -0.15) is 0 Å². The van der Waals surface area contributed by atoms with E-state index in [4.69, 9.17) is 121 Å². The molecule has 0 aliphatic carbocycles. The molecule has 2 aromatic rings. The van der Waals surface area contributed by atoms with E-state index in [2.05, 4.69) is 0 Å². The van der Waals surface area contributed by atoms with Crippen LogP contribution in [0.15, 0.2) is 12.1 Å². The van der Waals surface area contributed by atoms with Gasteiger partial charge in [-0.3, -0.25) is 0 Å². The zero-order valence-electron chi connectivity index (χ0n) is 11.5. The van der Waals surface area contributed by atoms with Crippen LogP contribution in [-0.4, -0.2) is 0 Å². The molecule has 0 radical (unpaired) electrons. The maximum atomic E-state index is 6.25. The van der Waals surface area contributed by atoms with Gasteiger partial charge in [-0.1, -0.05) is 122 Å². The summed E-state index contributed by atoms with van der Waals surface area (Å²) in [6.07, 6.45) is 0. The second-order valence-corrected chi connectivity index (χ2v) is 8.90. The SMILES string of the molecule is Clc1ccc(COC(Cl)(Cl)c2c(Cl)c(Cl)c(Cl)c(Cl)c2Cl)c(Cl)c1Cl. The number of hydrogen-bond donors (Lipinski definition) is 0. The second kappa shape index (κ2) is 8.76. The Hall–Kier alpha value is 1.30. The van der Waals surface area contributed by atoms with Crippen molar-refractivity contribution in [3.8, 4) is 0 Å². The van der Waals surface area contributed by atoms with Gasteiger partial charge in [0.15, 0.2) is 0 Å². The molecule has 0 spiro atoms. The molecule has 11 heteroatoms. The molecule has 0 bridgehead atoms. The first-order valence-corrected chi connectivity index (χ1v) is 9.93. The predicted octanol–water partition coefficient (Wildman–Crippen LogP) is 9.72. The molecule has 0 heterocycles. The Morgan fingerprint density at radius 1 is 0.640 bits per heavy atom. The highest BCUT2D eigenvalue weighted by Crippen LogP contribution is 2.51. The predicted molar refractivity (Wildman–Crippen MR) is 111 cm³/mol. The minimum absolute atomic E-state index is 0.0289. The van der Waals surface area contributed by atoms with E-state index in [0.717, 1.165) is 0 Å². The summed E-state index contributed by atoms with van der Waals surface area (Å²) in [5, 5.41) is 0.330. The van der Waals surface area contributed by atoms with Gasteiger partial charge in [-0.15, -0.1) is 0 Å². The summed E-state index contributed by atoms with van der Waals surface area (Å²) >= 11 is 60.7. The van der Waals surface area contributed by atoms with Gasteiger partial charge in [0, 0.05) is 0 Å². The highest BCUT2D eigenvalue weighted by molar-refractivity contribution is 6.57. The van der Waals surface area contributed by atoms with Crippen molar-refractivity contribution in [1.82, 2.24) is 0 Å². The first kappa shape index (κ1) is 22.6. The third-order valence-corrected chi connectivity index (χ3v) is 7.23. The Kier molecular flexibility index (Phi) is 7.91. The zero-order chi connectivity index (χ0) is 19.1. The molecule has 0 saturated carbocycles. The lowest BCUT2D eigenvalue weighted by molar-refractivity contribution is 0.0635. The van der Waals surface area contributed by atoms with Gasteiger partial charge in [-0.05, 0) is 11.6 Å². The largest absolute Gasteiger partial charge is 0.338 e. The van der Waals surface area contributed by atoms with Crippen molar-refractivity contribution < 1.29 is 4.74 Å². The molecule has 0 atom stereocenters. The Morgan fingerprint density at radius 3 is 1.64 bits per heavy atom. The van der Waals surface area contributed by atoms with E-state index >= 15 is 0 Å². The minimum Gasteiger partial charge on any atom is -0.338 e. The Labute approximate surface area is 193 Å². The summed E-state index contributed by atoms with van der Waals surface area (Å²) in [4.78, 5) is 0. The van der Waals surface area contributed by atoms with Crippen LogP contribution in [0.2, 0.25) is 40.2 Å². The maximum absolute atomic E-state index is 6.25. The number of hydrogen-bond acceptors (Lipinski definition) is 1.